The van der Waals surface area contributed by atoms with Crippen LogP contribution in [0.25, 0.3) is 0 Å². The van der Waals surface area contributed by atoms with Gasteiger partial charge in [-0.25, -0.2) is 8.42 Å². The molecule has 0 bridgehead atoms. The smallest absolute Gasteiger partial charge is 0.263 e. The van der Waals surface area contributed by atoms with Crippen molar-refractivity contribution < 1.29 is 13.2 Å². The molecule has 0 saturated carbocycles. The highest BCUT2D eigenvalue weighted by Gasteiger charge is 2.26. The highest BCUT2D eigenvalue weighted by atomic mass is 35.5. The van der Waals surface area contributed by atoms with E-state index in [1.54, 1.807) is 23.1 Å². The van der Waals surface area contributed by atoms with Crippen molar-refractivity contribution in [2.45, 2.75) is 25.7 Å². The van der Waals surface area contributed by atoms with E-state index in [1.165, 1.54) is 28.9 Å². The summed E-state index contributed by atoms with van der Waals surface area (Å²) in [6, 6.07) is 17.7. The zero-order valence-corrected chi connectivity index (χ0v) is 21.1. The van der Waals surface area contributed by atoms with E-state index in [9.17, 15) is 13.2 Å². The van der Waals surface area contributed by atoms with Gasteiger partial charge in [0, 0.05) is 43.1 Å². The number of rotatable bonds is 5. The van der Waals surface area contributed by atoms with Gasteiger partial charge in [-0.3, -0.25) is 9.52 Å². The number of amides is 1. The molecule has 1 fully saturated rings. The molecule has 178 valence electrons. The monoisotopic (exact) mass is 497 g/mol. The summed E-state index contributed by atoms with van der Waals surface area (Å²) in [7, 11) is -3.96. The summed E-state index contributed by atoms with van der Waals surface area (Å²) < 4.78 is 28.5. The van der Waals surface area contributed by atoms with Crippen molar-refractivity contribution >= 4 is 38.9 Å². The van der Waals surface area contributed by atoms with E-state index in [0.717, 1.165) is 5.56 Å². The number of anilines is 2. The lowest BCUT2D eigenvalue weighted by atomic mass is 10.1. The van der Waals surface area contributed by atoms with Crippen LogP contribution in [0.1, 0.15) is 27.0 Å². The van der Waals surface area contributed by atoms with Crippen LogP contribution in [0.4, 0.5) is 11.4 Å². The predicted molar refractivity (Wildman–Crippen MR) is 137 cm³/mol. The van der Waals surface area contributed by atoms with Gasteiger partial charge < -0.3 is 9.80 Å². The third-order valence-corrected chi connectivity index (χ3v) is 8.12. The lowest BCUT2D eigenvalue weighted by Gasteiger charge is -2.37. The number of sulfonamides is 1. The second-order valence-electron chi connectivity index (χ2n) is 8.62. The van der Waals surface area contributed by atoms with E-state index in [2.05, 4.69) is 41.7 Å². The summed E-state index contributed by atoms with van der Waals surface area (Å²) in [6.45, 7) is 8.66. The number of hydrogen-bond acceptors (Lipinski definition) is 4. The summed E-state index contributed by atoms with van der Waals surface area (Å²) in [5.74, 6) is -0.205. The topological polar surface area (TPSA) is 69.7 Å². The zero-order chi connectivity index (χ0) is 24.5. The number of nitrogens with zero attached hydrogens (tertiary/aromatic N) is 2. The highest BCUT2D eigenvalue weighted by molar-refractivity contribution is 7.92. The summed E-state index contributed by atoms with van der Waals surface area (Å²) in [5.41, 5.74) is 5.43. The number of benzene rings is 3. The normalized spacial score (nSPS) is 14.2. The molecule has 34 heavy (non-hydrogen) atoms. The molecule has 0 unspecified atom stereocenters. The molecule has 3 aromatic carbocycles. The van der Waals surface area contributed by atoms with Crippen LogP contribution in [0.5, 0.6) is 0 Å². The van der Waals surface area contributed by atoms with Crippen molar-refractivity contribution in [2.75, 3.05) is 35.8 Å². The Bertz CT molecular complexity index is 1320. The number of carbonyl (C=O) groups is 1. The minimum absolute atomic E-state index is 0.0657. The molecule has 1 heterocycles. The van der Waals surface area contributed by atoms with Crippen LogP contribution in [0.3, 0.4) is 0 Å². The van der Waals surface area contributed by atoms with E-state index in [0.29, 0.717) is 37.4 Å². The van der Waals surface area contributed by atoms with E-state index in [1.807, 2.05) is 19.1 Å². The third-order valence-electron chi connectivity index (χ3n) is 6.26. The zero-order valence-electron chi connectivity index (χ0n) is 19.5. The fourth-order valence-corrected chi connectivity index (χ4v) is 5.67. The van der Waals surface area contributed by atoms with E-state index in [4.69, 9.17) is 11.6 Å². The first-order chi connectivity index (χ1) is 16.2. The molecule has 0 spiro atoms. The van der Waals surface area contributed by atoms with Gasteiger partial charge in [0.2, 0.25) is 0 Å². The molecular formula is C26H28ClN3O3S. The van der Waals surface area contributed by atoms with Gasteiger partial charge in [-0.05, 0) is 68.3 Å². The Kier molecular flexibility index (Phi) is 6.86. The van der Waals surface area contributed by atoms with Crippen LogP contribution >= 0.6 is 11.6 Å². The first-order valence-corrected chi connectivity index (χ1v) is 13.0. The number of hydrogen-bond donors (Lipinski definition) is 1. The number of nitrogens with one attached hydrogen (secondary N) is 1. The van der Waals surface area contributed by atoms with Gasteiger partial charge in [-0.15, -0.1) is 0 Å². The second kappa shape index (κ2) is 9.68. The van der Waals surface area contributed by atoms with Crippen molar-refractivity contribution in [2.24, 2.45) is 0 Å². The minimum atomic E-state index is -3.96. The first-order valence-electron chi connectivity index (χ1n) is 11.2. The van der Waals surface area contributed by atoms with Crippen LogP contribution in [0.15, 0.2) is 65.6 Å². The van der Waals surface area contributed by atoms with Crippen LogP contribution in [-0.2, 0) is 10.0 Å². The molecule has 3 aromatic rings. The molecule has 0 atom stereocenters. The summed E-state index contributed by atoms with van der Waals surface area (Å²) in [6.07, 6.45) is 0. The fraction of sp³-hybridized carbons (Fsp3) is 0.269. The lowest BCUT2D eigenvalue weighted by Crippen LogP contribution is -2.49. The Labute approximate surface area is 206 Å². The summed E-state index contributed by atoms with van der Waals surface area (Å²) in [4.78, 5) is 17.1. The Morgan fingerprint density at radius 3 is 2.26 bits per heavy atom. The minimum Gasteiger partial charge on any atom is -0.368 e. The molecule has 1 saturated heterocycles. The maximum atomic E-state index is 13.2. The maximum Gasteiger partial charge on any atom is 0.263 e. The highest BCUT2D eigenvalue weighted by Crippen LogP contribution is 2.27. The standard InChI is InChI=1S/C26H28ClN3O3S/c1-18-7-10-22(11-8-18)28-34(32,33)25-17-21(9-12-23(25)27)26(31)30-15-13-29(14-16-30)24-6-4-5-19(2)20(24)3/h4-12,17,28H,13-16H2,1-3H3. The average molecular weight is 498 g/mol. The van der Waals surface area contributed by atoms with E-state index < -0.39 is 10.0 Å². The van der Waals surface area contributed by atoms with Gasteiger partial charge in [-0.1, -0.05) is 41.4 Å². The van der Waals surface area contributed by atoms with Gasteiger partial charge in [0.15, 0.2) is 0 Å². The van der Waals surface area contributed by atoms with Crippen LogP contribution in [0, 0.1) is 20.8 Å². The van der Waals surface area contributed by atoms with Crippen LogP contribution in [0.2, 0.25) is 5.02 Å². The molecule has 6 nitrogen and oxygen atoms in total. The largest absolute Gasteiger partial charge is 0.368 e. The number of carbonyl (C=O) groups excluding carboxylic acids is 1. The van der Waals surface area contributed by atoms with Crippen molar-refractivity contribution in [3.05, 3.63) is 87.9 Å². The van der Waals surface area contributed by atoms with Crippen molar-refractivity contribution in [1.29, 1.82) is 0 Å². The van der Waals surface area contributed by atoms with E-state index >= 15 is 0 Å². The molecule has 0 aromatic heterocycles. The van der Waals surface area contributed by atoms with Crippen molar-refractivity contribution in [3.8, 4) is 0 Å². The molecule has 0 radical (unpaired) electrons. The molecule has 1 N–H and O–H groups in total. The molecule has 1 amide bonds. The number of piperazine rings is 1. The maximum absolute atomic E-state index is 13.2. The summed E-state index contributed by atoms with van der Waals surface area (Å²) >= 11 is 6.23. The van der Waals surface area contributed by atoms with Gasteiger partial charge in [0.05, 0.1) is 5.02 Å². The van der Waals surface area contributed by atoms with Gasteiger partial charge in [-0.2, -0.15) is 0 Å². The van der Waals surface area contributed by atoms with Gasteiger partial charge >= 0.3 is 0 Å². The van der Waals surface area contributed by atoms with Crippen molar-refractivity contribution in [3.63, 3.8) is 0 Å². The van der Waals surface area contributed by atoms with Crippen LogP contribution < -0.4 is 9.62 Å². The molecule has 0 aliphatic carbocycles. The van der Waals surface area contributed by atoms with E-state index in [-0.39, 0.29) is 15.8 Å². The molecule has 1 aliphatic heterocycles. The molecular weight excluding hydrogens is 470 g/mol. The fourth-order valence-electron chi connectivity index (χ4n) is 4.09. The number of halogens is 1. The first kappa shape index (κ1) is 24.1. The Morgan fingerprint density at radius 2 is 1.59 bits per heavy atom. The Morgan fingerprint density at radius 1 is 0.912 bits per heavy atom. The number of aryl methyl sites for hydroxylation is 2. The van der Waals surface area contributed by atoms with Crippen molar-refractivity contribution in [1.82, 2.24) is 4.90 Å². The summed E-state index contributed by atoms with van der Waals surface area (Å²) in [5, 5.41) is 0.0657. The Balaban J connectivity index is 1.50. The Hall–Kier alpha value is -3.03. The third kappa shape index (κ3) is 5.05. The average Bonchev–Trinajstić information content (AvgIpc) is 2.82. The lowest BCUT2D eigenvalue weighted by molar-refractivity contribution is 0.0746. The SMILES string of the molecule is Cc1ccc(NS(=O)(=O)c2cc(C(=O)N3CCN(c4cccc(C)c4C)CC3)ccc2Cl)cc1. The molecule has 1 aliphatic rings. The van der Waals surface area contributed by atoms with Gasteiger partial charge in [0.1, 0.15) is 4.90 Å². The van der Waals surface area contributed by atoms with Crippen LogP contribution in [-0.4, -0.2) is 45.4 Å². The molecule has 4 rings (SSSR count). The molecule has 8 heteroatoms. The second-order valence-corrected chi connectivity index (χ2v) is 10.7. The van der Waals surface area contributed by atoms with Gasteiger partial charge in [0.25, 0.3) is 15.9 Å². The predicted octanol–water partition coefficient (Wildman–Crippen LogP) is 5.03. The quantitative estimate of drug-likeness (QED) is 0.537.